The molecule has 31 heavy (non-hydrogen) atoms. The van der Waals surface area contributed by atoms with Gasteiger partial charge in [0.2, 0.25) is 0 Å². The Labute approximate surface area is 191 Å². The highest BCUT2D eigenvalue weighted by Gasteiger charge is 2.20. The average Bonchev–Trinajstić information content (AvgIpc) is 3.33. The molecular formula is C23H25ClN4O2S. The molecule has 0 bridgehead atoms. The van der Waals surface area contributed by atoms with Crippen LogP contribution in [0.3, 0.4) is 0 Å². The molecular weight excluding hydrogens is 432 g/mol. The van der Waals surface area contributed by atoms with E-state index in [9.17, 15) is 4.79 Å². The summed E-state index contributed by atoms with van der Waals surface area (Å²) >= 11 is 7.45. The van der Waals surface area contributed by atoms with Gasteiger partial charge in [0.05, 0.1) is 0 Å². The van der Waals surface area contributed by atoms with E-state index < -0.39 is 0 Å². The van der Waals surface area contributed by atoms with E-state index in [1.54, 1.807) is 6.20 Å². The predicted octanol–water partition coefficient (Wildman–Crippen LogP) is 5.39. The molecule has 3 aromatic rings. The molecule has 6 nitrogen and oxygen atoms in total. The lowest BCUT2D eigenvalue weighted by molar-refractivity contribution is 0.138. The van der Waals surface area contributed by atoms with E-state index in [4.69, 9.17) is 16.3 Å². The van der Waals surface area contributed by atoms with E-state index >= 15 is 0 Å². The summed E-state index contributed by atoms with van der Waals surface area (Å²) in [5.41, 5.74) is 2.20. The van der Waals surface area contributed by atoms with Crippen LogP contribution in [0, 0.1) is 5.92 Å². The van der Waals surface area contributed by atoms with Crippen molar-refractivity contribution in [2.24, 2.45) is 5.92 Å². The molecule has 0 unspecified atom stereocenters. The molecule has 4 rings (SSSR count). The summed E-state index contributed by atoms with van der Waals surface area (Å²) < 4.78 is 5.17. The van der Waals surface area contributed by atoms with Crippen LogP contribution in [0.4, 0.5) is 10.6 Å². The zero-order valence-electron chi connectivity index (χ0n) is 17.2. The summed E-state index contributed by atoms with van der Waals surface area (Å²) in [6.45, 7) is 2.82. The number of ether oxygens (including phenoxy) is 1. The van der Waals surface area contributed by atoms with E-state index in [-0.39, 0.29) is 12.7 Å². The number of nitrogens with one attached hydrogen (secondary N) is 1. The molecule has 0 spiro atoms. The number of carbonyl (C=O) groups excluding carboxylic acids is 1. The van der Waals surface area contributed by atoms with Crippen LogP contribution in [-0.2, 0) is 11.3 Å². The zero-order chi connectivity index (χ0) is 21.5. The van der Waals surface area contributed by atoms with E-state index in [0.29, 0.717) is 12.5 Å². The molecule has 0 radical (unpaired) electrons. The van der Waals surface area contributed by atoms with Gasteiger partial charge in [0.15, 0.2) is 0 Å². The Hall–Kier alpha value is -2.64. The normalized spacial score (nSPS) is 14.4. The molecule has 3 heterocycles. The van der Waals surface area contributed by atoms with Gasteiger partial charge in [-0.05, 0) is 55.0 Å². The molecule has 1 aliphatic rings. The Kier molecular flexibility index (Phi) is 7.38. The number of hydrogen-bond acceptors (Lipinski definition) is 6. The molecule has 8 heteroatoms. The largest absolute Gasteiger partial charge is 0.442 e. The van der Waals surface area contributed by atoms with E-state index in [1.807, 2.05) is 35.8 Å². The topological polar surface area (TPSA) is 67.4 Å². The lowest BCUT2D eigenvalue weighted by Gasteiger charge is -2.33. The minimum atomic E-state index is -0.377. The Balaban J connectivity index is 1.17. The first kappa shape index (κ1) is 21.6. The van der Waals surface area contributed by atoms with Crippen LogP contribution in [0.15, 0.2) is 54.2 Å². The van der Waals surface area contributed by atoms with Crippen LogP contribution < -0.4 is 10.2 Å². The first-order chi connectivity index (χ1) is 15.2. The van der Waals surface area contributed by atoms with Crippen molar-refractivity contribution < 1.29 is 9.53 Å². The lowest BCUT2D eigenvalue weighted by Crippen LogP contribution is -2.35. The predicted molar refractivity (Wildman–Crippen MR) is 125 cm³/mol. The fourth-order valence-electron chi connectivity index (χ4n) is 3.72. The van der Waals surface area contributed by atoms with Gasteiger partial charge < -0.3 is 15.0 Å². The number of carbonyl (C=O) groups is 1. The monoisotopic (exact) mass is 456 g/mol. The van der Waals surface area contributed by atoms with Gasteiger partial charge in [-0.1, -0.05) is 23.7 Å². The number of anilines is 1. The second-order valence-electron chi connectivity index (χ2n) is 7.56. The summed E-state index contributed by atoms with van der Waals surface area (Å²) in [7, 11) is 0. The Morgan fingerprint density at radius 1 is 1.13 bits per heavy atom. The van der Waals surface area contributed by atoms with Crippen molar-refractivity contribution in [3.05, 3.63) is 64.2 Å². The fourth-order valence-corrected chi connectivity index (χ4v) is 4.37. The van der Waals surface area contributed by atoms with Crippen LogP contribution in [-0.4, -0.2) is 35.7 Å². The number of alkyl carbamates (subject to hydrolysis) is 1. The van der Waals surface area contributed by atoms with E-state index in [1.165, 1.54) is 11.3 Å². The van der Waals surface area contributed by atoms with Crippen LogP contribution in [0.2, 0.25) is 5.02 Å². The Morgan fingerprint density at radius 2 is 1.90 bits per heavy atom. The molecule has 1 N–H and O–H groups in total. The van der Waals surface area contributed by atoms with Crippen LogP contribution in [0.25, 0.3) is 11.1 Å². The van der Waals surface area contributed by atoms with Gasteiger partial charge in [0.25, 0.3) is 0 Å². The highest BCUT2D eigenvalue weighted by Crippen LogP contribution is 2.26. The third kappa shape index (κ3) is 6.18. The molecule has 1 aliphatic heterocycles. The van der Waals surface area contributed by atoms with Crippen molar-refractivity contribution in [1.29, 1.82) is 0 Å². The minimum absolute atomic E-state index is 0.228. The molecule has 0 saturated carbocycles. The number of benzene rings is 1. The highest BCUT2D eigenvalue weighted by atomic mass is 35.5. The lowest BCUT2D eigenvalue weighted by atomic mass is 9.93. The molecule has 1 aromatic carbocycles. The van der Waals surface area contributed by atoms with Crippen LogP contribution >= 0.6 is 22.9 Å². The summed E-state index contributed by atoms with van der Waals surface area (Å²) in [5.74, 6) is 1.61. The first-order valence-corrected chi connectivity index (χ1v) is 11.7. The maximum absolute atomic E-state index is 11.8. The van der Waals surface area contributed by atoms with Crippen molar-refractivity contribution in [3.8, 4) is 11.1 Å². The van der Waals surface area contributed by atoms with Gasteiger partial charge in [-0.2, -0.15) is 0 Å². The average molecular weight is 457 g/mol. The standard InChI is InChI=1S/C23H25ClN4O2S/c24-20-4-1-18(2-5-20)19-3-6-21(27-15-19)28-12-8-17(9-13-28)7-10-26-23(29)30-16-22-25-11-14-31-22/h1-6,11,14-15,17H,7-10,12-13,16H2,(H,26,29). The number of hydrogen-bond donors (Lipinski definition) is 1. The van der Waals surface area contributed by atoms with Crippen molar-refractivity contribution >= 4 is 34.8 Å². The maximum atomic E-state index is 11.8. The SMILES string of the molecule is O=C(NCCC1CCN(c2ccc(-c3ccc(Cl)cc3)cn2)CC1)OCc1nccs1. The summed E-state index contributed by atoms with van der Waals surface area (Å²) in [6.07, 6.45) is 6.40. The molecule has 2 aromatic heterocycles. The smallest absolute Gasteiger partial charge is 0.407 e. The van der Waals surface area contributed by atoms with Gasteiger partial charge >= 0.3 is 6.09 Å². The van der Waals surface area contributed by atoms with Crippen LogP contribution in [0.5, 0.6) is 0 Å². The zero-order valence-corrected chi connectivity index (χ0v) is 18.7. The quantitative estimate of drug-likeness (QED) is 0.516. The number of aromatic nitrogens is 2. The molecule has 1 fully saturated rings. The third-order valence-corrected chi connectivity index (χ3v) is 6.50. The van der Waals surface area contributed by atoms with Crippen molar-refractivity contribution in [2.75, 3.05) is 24.5 Å². The number of amides is 1. The number of halogens is 1. The van der Waals surface area contributed by atoms with Crippen molar-refractivity contribution in [1.82, 2.24) is 15.3 Å². The molecule has 1 amide bonds. The number of piperidine rings is 1. The van der Waals surface area contributed by atoms with Gasteiger partial charge in [-0.25, -0.2) is 14.8 Å². The minimum Gasteiger partial charge on any atom is -0.442 e. The van der Waals surface area contributed by atoms with E-state index in [2.05, 4.69) is 32.3 Å². The van der Waals surface area contributed by atoms with Gasteiger partial charge in [-0.3, -0.25) is 0 Å². The van der Waals surface area contributed by atoms with Crippen molar-refractivity contribution in [2.45, 2.75) is 25.9 Å². The Bertz CT molecular complexity index is 956. The summed E-state index contributed by atoms with van der Waals surface area (Å²) in [5, 5.41) is 6.25. The third-order valence-electron chi connectivity index (χ3n) is 5.50. The second-order valence-corrected chi connectivity index (χ2v) is 8.98. The highest BCUT2D eigenvalue weighted by molar-refractivity contribution is 7.09. The summed E-state index contributed by atoms with van der Waals surface area (Å²) in [6, 6.07) is 12.0. The van der Waals surface area contributed by atoms with Crippen molar-refractivity contribution in [3.63, 3.8) is 0 Å². The number of pyridine rings is 1. The second kappa shape index (κ2) is 10.6. The number of thiazole rings is 1. The van der Waals surface area contributed by atoms with E-state index in [0.717, 1.165) is 59.3 Å². The Morgan fingerprint density at radius 3 is 2.58 bits per heavy atom. The fraction of sp³-hybridized carbons (Fsp3) is 0.348. The molecule has 1 saturated heterocycles. The molecule has 162 valence electrons. The maximum Gasteiger partial charge on any atom is 0.407 e. The first-order valence-electron chi connectivity index (χ1n) is 10.4. The number of rotatable bonds is 7. The van der Waals surface area contributed by atoms with Gasteiger partial charge in [0.1, 0.15) is 17.4 Å². The number of nitrogens with zero attached hydrogens (tertiary/aromatic N) is 3. The molecule has 0 aliphatic carbocycles. The van der Waals surface area contributed by atoms with Gasteiger partial charge in [-0.15, -0.1) is 11.3 Å². The van der Waals surface area contributed by atoms with Crippen LogP contribution in [0.1, 0.15) is 24.3 Å². The van der Waals surface area contributed by atoms with Gasteiger partial charge in [0, 0.05) is 48.0 Å². The molecule has 0 atom stereocenters. The summed E-state index contributed by atoms with van der Waals surface area (Å²) in [4.78, 5) is 22.9.